The number of ether oxygens (including phenoxy) is 1. The average molecular weight is 260 g/mol. The van der Waals surface area contributed by atoms with Gasteiger partial charge in [-0.1, -0.05) is 30.7 Å². The molecule has 1 aromatic carbocycles. The third-order valence-electron chi connectivity index (χ3n) is 4.48. The lowest BCUT2D eigenvalue weighted by molar-refractivity contribution is -0.124. The molecule has 0 spiro atoms. The van der Waals surface area contributed by atoms with E-state index < -0.39 is 0 Å². The molecule has 4 atom stereocenters. The van der Waals surface area contributed by atoms with Gasteiger partial charge < -0.3 is 4.74 Å². The van der Waals surface area contributed by atoms with Gasteiger partial charge in [0.1, 0.15) is 5.78 Å². The van der Waals surface area contributed by atoms with Crippen LogP contribution in [0, 0.1) is 25.7 Å². The van der Waals surface area contributed by atoms with Gasteiger partial charge in [0.15, 0.2) is 0 Å². The summed E-state index contributed by atoms with van der Waals surface area (Å²) in [6.45, 7) is 10.3. The number of hydrogen-bond donors (Lipinski definition) is 0. The first-order chi connectivity index (χ1) is 8.90. The van der Waals surface area contributed by atoms with Crippen LogP contribution in [0.25, 0.3) is 0 Å². The number of carbonyl (C=O) groups is 1. The van der Waals surface area contributed by atoms with Crippen LogP contribution in [0.1, 0.15) is 37.5 Å². The molecule has 2 nitrogen and oxygen atoms in total. The summed E-state index contributed by atoms with van der Waals surface area (Å²) in [5, 5.41) is 0. The van der Waals surface area contributed by atoms with Crippen molar-refractivity contribution in [3.63, 3.8) is 0 Å². The van der Waals surface area contributed by atoms with Crippen molar-refractivity contribution in [1.82, 2.24) is 0 Å². The first kappa shape index (κ1) is 14.3. The number of hydrogen-bond acceptors (Lipinski definition) is 2. The molecule has 1 fully saturated rings. The summed E-state index contributed by atoms with van der Waals surface area (Å²) in [4.78, 5) is 12.6. The van der Waals surface area contributed by atoms with Gasteiger partial charge in [-0.25, -0.2) is 0 Å². The Labute approximate surface area is 116 Å². The van der Waals surface area contributed by atoms with E-state index in [0.717, 1.165) is 5.56 Å². The van der Waals surface area contributed by atoms with Crippen LogP contribution >= 0.6 is 0 Å². The molecule has 2 rings (SSSR count). The van der Waals surface area contributed by atoms with E-state index in [4.69, 9.17) is 4.74 Å². The zero-order valence-corrected chi connectivity index (χ0v) is 12.6. The highest BCUT2D eigenvalue weighted by molar-refractivity contribution is 5.84. The maximum atomic E-state index is 12.6. The van der Waals surface area contributed by atoms with Gasteiger partial charge in [0.05, 0.1) is 12.2 Å². The van der Waals surface area contributed by atoms with Crippen LogP contribution in [-0.2, 0) is 16.0 Å². The molecule has 1 saturated heterocycles. The van der Waals surface area contributed by atoms with Crippen LogP contribution in [0.2, 0.25) is 0 Å². The van der Waals surface area contributed by atoms with Crippen LogP contribution in [0.5, 0.6) is 0 Å². The van der Waals surface area contributed by atoms with Crippen LogP contribution in [-0.4, -0.2) is 18.0 Å². The standard InChI is InChI=1S/C17H24O2/c1-10-6-7-11(2)15(8-10)9-16(18)17-12(3)13(4)19-14(17)5/h6-8,12-14,17H,9H2,1-5H3. The SMILES string of the molecule is Cc1ccc(C)c(CC(=O)C2C(C)OC(C)C2C)c1. The molecule has 104 valence electrons. The molecule has 19 heavy (non-hydrogen) atoms. The lowest BCUT2D eigenvalue weighted by atomic mass is 9.83. The molecular formula is C17H24O2. The molecule has 0 radical (unpaired) electrons. The summed E-state index contributed by atoms with van der Waals surface area (Å²) in [6.07, 6.45) is 0.758. The van der Waals surface area contributed by atoms with E-state index in [-0.39, 0.29) is 18.1 Å². The molecule has 0 saturated carbocycles. The Balaban J connectivity index is 2.15. The Morgan fingerprint density at radius 2 is 1.84 bits per heavy atom. The number of Topliss-reactive ketones (excluding diaryl/α,β-unsaturated/α-hetero) is 1. The maximum absolute atomic E-state index is 12.6. The van der Waals surface area contributed by atoms with Gasteiger partial charge in [0, 0.05) is 12.3 Å². The molecule has 0 aromatic heterocycles. The van der Waals surface area contributed by atoms with Crippen LogP contribution in [0.4, 0.5) is 0 Å². The van der Waals surface area contributed by atoms with Crippen molar-refractivity contribution < 1.29 is 9.53 Å². The van der Waals surface area contributed by atoms with E-state index in [1.54, 1.807) is 0 Å². The minimum atomic E-state index is 0.0370. The Kier molecular flexibility index (Phi) is 4.10. The third kappa shape index (κ3) is 2.89. The quantitative estimate of drug-likeness (QED) is 0.831. The molecule has 0 aliphatic carbocycles. The highest BCUT2D eigenvalue weighted by Gasteiger charge is 2.41. The van der Waals surface area contributed by atoms with E-state index >= 15 is 0 Å². The molecule has 1 aromatic rings. The topological polar surface area (TPSA) is 26.3 Å². The zero-order valence-electron chi connectivity index (χ0n) is 12.6. The average Bonchev–Trinajstić information content (AvgIpc) is 2.58. The minimum absolute atomic E-state index is 0.0370. The van der Waals surface area contributed by atoms with Crippen LogP contribution in [0.3, 0.4) is 0 Å². The van der Waals surface area contributed by atoms with E-state index in [1.165, 1.54) is 11.1 Å². The predicted octanol–water partition coefficient (Wildman–Crippen LogP) is 3.47. The molecule has 0 N–H and O–H groups in total. The second-order valence-corrected chi connectivity index (χ2v) is 6.00. The van der Waals surface area contributed by atoms with Crippen LogP contribution < -0.4 is 0 Å². The van der Waals surface area contributed by atoms with Gasteiger partial charge in [-0.15, -0.1) is 0 Å². The van der Waals surface area contributed by atoms with Crippen molar-refractivity contribution >= 4 is 5.78 Å². The first-order valence-electron chi connectivity index (χ1n) is 7.14. The number of carbonyl (C=O) groups excluding carboxylic acids is 1. The molecular weight excluding hydrogens is 236 g/mol. The Morgan fingerprint density at radius 1 is 1.16 bits per heavy atom. The van der Waals surface area contributed by atoms with Gasteiger partial charge in [0.25, 0.3) is 0 Å². The molecule has 0 bridgehead atoms. The second kappa shape index (κ2) is 5.46. The summed E-state index contributed by atoms with van der Waals surface area (Å²) in [5.41, 5.74) is 3.57. The van der Waals surface area contributed by atoms with Crippen LogP contribution in [0.15, 0.2) is 18.2 Å². The van der Waals surface area contributed by atoms with Crippen molar-refractivity contribution in [2.75, 3.05) is 0 Å². The number of aryl methyl sites for hydroxylation is 2. The highest BCUT2D eigenvalue weighted by Crippen LogP contribution is 2.33. The largest absolute Gasteiger partial charge is 0.375 e. The maximum Gasteiger partial charge on any atom is 0.143 e. The smallest absolute Gasteiger partial charge is 0.143 e. The van der Waals surface area contributed by atoms with Crippen molar-refractivity contribution in [1.29, 1.82) is 0 Å². The van der Waals surface area contributed by atoms with Gasteiger partial charge in [-0.05, 0) is 44.7 Å². The molecule has 0 amide bonds. The summed E-state index contributed by atoms with van der Waals surface area (Å²) in [6, 6.07) is 6.32. The lowest BCUT2D eigenvalue weighted by Gasteiger charge is -2.18. The first-order valence-corrected chi connectivity index (χ1v) is 7.14. The summed E-state index contributed by atoms with van der Waals surface area (Å²) in [7, 11) is 0. The van der Waals surface area contributed by atoms with E-state index in [2.05, 4.69) is 45.9 Å². The Hall–Kier alpha value is -1.15. The Morgan fingerprint density at radius 3 is 2.42 bits per heavy atom. The fourth-order valence-electron chi connectivity index (χ4n) is 3.12. The van der Waals surface area contributed by atoms with Crippen molar-refractivity contribution in [3.05, 3.63) is 34.9 Å². The van der Waals surface area contributed by atoms with E-state index in [0.29, 0.717) is 18.1 Å². The molecule has 4 unspecified atom stereocenters. The summed E-state index contributed by atoms with van der Waals surface area (Å²) < 4.78 is 5.78. The van der Waals surface area contributed by atoms with Crippen molar-refractivity contribution in [3.8, 4) is 0 Å². The van der Waals surface area contributed by atoms with E-state index in [1.807, 2.05) is 6.92 Å². The Bertz CT molecular complexity index is 478. The van der Waals surface area contributed by atoms with E-state index in [9.17, 15) is 4.79 Å². The highest BCUT2D eigenvalue weighted by atomic mass is 16.5. The lowest BCUT2D eigenvalue weighted by Crippen LogP contribution is -2.28. The van der Waals surface area contributed by atoms with Gasteiger partial charge in [-0.2, -0.15) is 0 Å². The fraction of sp³-hybridized carbons (Fsp3) is 0.588. The van der Waals surface area contributed by atoms with Gasteiger partial charge >= 0.3 is 0 Å². The van der Waals surface area contributed by atoms with Gasteiger partial charge in [0.2, 0.25) is 0 Å². The predicted molar refractivity (Wildman–Crippen MR) is 77.3 cm³/mol. The van der Waals surface area contributed by atoms with Gasteiger partial charge in [-0.3, -0.25) is 4.79 Å². The summed E-state index contributed by atoms with van der Waals surface area (Å²) >= 11 is 0. The van der Waals surface area contributed by atoms with Crippen molar-refractivity contribution in [2.45, 2.75) is 53.2 Å². The third-order valence-corrected chi connectivity index (χ3v) is 4.48. The molecule has 1 aliphatic rings. The normalized spacial score (nSPS) is 30.6. The number of ketones is 1. The number of benzene rings is 1. The zero-order chi connectivity index (χ0) is 14.2. The monoisotopic (exact) mass is 260 g/mol. The summed E-state index contributed by atoms with van der Waals surface area (Å²) in [5.74, 6) is 0.667. The molecule has 1 heterocycles. The molecule has 1 aliphatic heterocycles. The second-order valence-electron chi connectivity index (χ2n) is 6.00. The number of rotatable bonds is 3. The fourth-order valence-corrected chi connectivity index (χ4v) is 3.12. The molecule has 2 heteroatoms. The van der Waals surface area contributed by atoms with Crippen molar-refractivity contribution in [2.24, 2.45) is 11.8 Å². The minimum Gasteiger partial charge on any atom is -0.375 e.